The predicted molar refractivity (Wildman–Crippen MR) is 146 cm³/mol. The molecule has 3 aromatic carbocycles. The summed E-state index contributed by atoms with van der Waals surface area (Å²) in [6, 6.07) is 29.9. The van der Waals surface area contributed by atoms with Gasteiger partial charge in [0.1, 0.15) is 9.84 Å². The monoisotopic (exact) mass is 474 g/mol. The van der Waals surface area contributed by atoms with Crippen LogP contribution < -0.4 is 0 Å². The number of hydrogen-bond donors (Lipinski definition) is 0. The number of thiazole rings is 1. The van der Waals surface area contributed by atoms with Crippen molar-refractivity contribution in [3.63, 3.8) is 0 Å². The Morgan fingerprint density at radius 2 is 1.32 bits per heavy atom. The van der Waals surface area contributed by atoms with Gasteiger partial charge in [0.25, 0.3) is 0 Å². The summed E-state index contributed by atoms with van der Waals surface area (Å²) in [5.41, 5.74) is 8.44. The molecule has 4 heteroatoms. The number of para-hydroxylation sites is 1. The van der Waals surface area contributed by atoms with Crippen LogP contribution in [0.3, 0.4) is 0 Å². The first-order valence-corrected chi connectivity index (χ1v) is 13.4. The van der Waals surface area contributed by atoms with Crippen molar-refractivity contribution in [2.45, 2.75) is 25.7 Å². The summed E-state index contributed by atoms with van der Waals surface area (Å²) < 4.78 is 1.21. The molecule has 0 aliphatic heterocycles. The second-order valence-corrected chi connectivity index (χ2v) is 10.9. The molecule has 0 spiro atoms. The van der Waals surface area contributed by atoms with Crippen molar-refractivity contribution in [3.8, 4) is 33.0 Å². The number of rotatable bonds is 3. The van der Waals surface area contributed by atoms with Crippen molar-refractivity contribution < 1.29 is 0 Å². The van der Waals surface area contributed by atoms with E-state index in [9.17, 15) is 0 Å². The molecule has 0 atom stereocenters. The normalized spacial score (nSPS) is 13.4. The SMILES string of the molecule is c1ccc(-c2nc3sc4c(c3c(-c3ccccc3)c2-c2nc3ccccc3s2)CCCC4)cc1. The third kappa shape index (κ3) is 3.21. The van der Waals surface area contributed by atoms with E-state index in [-0.39, 0.29) is 0 Å². The van der Waals surface area contributed by atoms with Gasteiger partial charge >= 0.3 is 0 Å². The summed E-state index contributed by atoms with van der Waals surface area (Å²) in [6.45, 7) is 0. The summed E-state index contributed by atoms with van der Waals surface area (Å²) in [5, 5.41) is 2.39. The highest BCUT2D eigenvalue weighted by Crippen LogP contribution is 2.49. The lowest BCUT2D eigenvalue weighted by atomic mass is 9.89. The highest BCUT2D eigenvalue weighted by molar-refractivity contribution is 7.22. The maximum Gasteiger partial charge on any atom is 0.127 e. The van der Waals surface area contributed by atoms with Crippen molar-refractivity contribution in [1.29, 1.82) is 0 Å². The Labute approximate surface area is 206 Å². The number of hydrogen-bond acceptors (Lipinski definition) is 4. The molecule has 0 saturated carbocycles. The van der Waals surface area contributed by atoms with E-state index in [4.69, 9.17) is 9.97 Å². The first-order valence-electron chi connectivity index (χ1n) is 11.8. The van der Waals surface area contributed by atoms with E-state index in [1.165, 1.54) is 50.9 Å². The van der Waals surface area contributed by atoms with Gasteiger partial charge in [0.05, 0.1) is 15.9 Å². The molecule has 0 bridgehead atoms. The lowest BCUT2D eigenvalue weighted by Crippen LogP contribution is -2.00. The van der Waals surface area contributed by atoms with Gasteiger partial charge in [-0.3, -0.25) is 0 Å². The lowest BCUT2D eigenvalue weighted by molar-refractivity contribution is 0.700. The van der Waals surface area contributed by atoms with Gasteiger partial charge in [0, 0.05) is 27.0 Å². The molecule has 0 radical (unpaired) electrons. The molecule has 34 heavy (non-hydrogen) atoms. The first-order chi connectivity index (χ1) is 16.9. The number of fused-ring (bicyclic) bond motifs is 4. The number of thiophene rings is 1. The van der Waals surface area contributed by atoms with Crippen LogP contribution in [-0.2, 0) is 12.8 Å². The molecule has 1 aliphatic rings. The molecule has 6 aromatic rings. The van der Waals surface area contributed by atoms with Crippen molar-refractivity contribution in [2.24, 2.45) is 0 Å². The van der Waals surface area contributed by atoms with Crippen LogP contribution in [0.4, 0.5) is 0 Å². The second kappa shape index (κ2) is 8.15. The third-order valence-corrected chi connectivity index (χ3v) is 8.96. The zero-order chi connectivity index (χ0) is 22.5. The zero-order valence-electron chi connectivity index (χ0n) is 18.6. The fraction of sp³-hybridized carbons (Fsp3) is 0.133. The average Bonchev–Trinajstić information content (AvgIpc) is 3.50. The first kappa shape index (κ1) is 20.1. The highest BCUT2D eigenvalue weighted by atomic mass is 32.1. The largest absolute Gasteiger partial charge is 0.236 e. The molecule has 0 saturated heterocycles. The predicted octanol–water partition coefficient (Wildman–Crippen LogP) is 8.79. The minimum Gasteiger partial charge on any atom is -0.236 e. The van der Waals surface area contributed by atoms with Crippen molar-refractivity contribution in [1.82, 2.24) is 9.97 Å². The fourth-order valence-corrected chi connectivity index (χ4v) is 7.46. The van der Waals surface area contributed by atoms with Crippen molar-refractivity contribution >= 4 is 43.1 Å². The molecule has 0 fully saturated rings. The topological polar surface area (TPSA) is 25.8 Å². The van der Waals surface area contributed by atoms with Gasteiger partial charge in [-0.1, -0.05) is 72.8 Å². The van der Waals surface area contributed by atoms with Crippen LogP contribution >= 0.6 is 22.7 Å². The van der Waals surface area contributed by atoms with Crippen LogP contribution in [0.15, 0.2) is 84.9 Å². The molecule has 3 heterocycles. The van der Waals surface area contributed by atoms with Gasteiger partial charge in [0.15, 0.2) is 0 Å². The molecule has 0 N–H and O–H groups in total. The molecular weight excluding hydrogens is 452 g/mol. The molecule has 0 unspecified atom stereocenters. The Hall–Kier alpha value is -3.34. The lowest BCUT2D eigenvalue weighted by Gasteiger charge is -2.17. The Bertz CT molecular complexity index is 1610. The molecule has 3 aromatic heterocycles. The van der Waals surface area contributed by atoms with Crippen LogP contribution in [0.1, 0.15) is 23.3 Å². The van der Waals surface area contributed by atoms with E-state index in [0.29, 0.717) is 0 Å². The van der Waals surface area contributed by atoms with Gasteiger partial charge in [-0.15, -0.1) is 22.7 Å². The number of benzene rings is 3. The Balaban J connectivity index is 1.67. The smallest absolute Gasteiger partial charge is 0.127 e. The van der Waals surface area contributed by atoms with Crippen LogP contribution in [-0.4, -0.2) is 9.97 Å². The quantitative estimate of drug-likeness (QED) is 0.256. The number of aromatic nitrogens is 2. The van der Waals surface area contributed by atoms with Crippen LogP contribution in [0, 0.1) is 0 Å². The maximum absolute atomic E-state index is 5.37. The second-order valence-electron chi connectivity index (χ2n) is 8.82. The summed E-state index contributed by atoms with van der Waals surface area (Å²) in [7, 11) is 0. The maximum atomic E-state index is 5.37. The van der Waals surface area contributed by atoms with Gasteiger partial charge in [-0.25, -0.2) is 9.97 Å². The highest BCUT2D eigenvalue weighted by Gasteiger charge is 2.27. The van der Waals surface area contributed by atoms with E-state index >= 15 is 0 Å². The molecule has 1 aliphatic carbocycles. The summed E-state index contributed by atoms with van der Waals surface area (Å²) in [4.78, 5) is 13.2. The Morgan fingerprint density at radius 1 is 0.618 bits per heavy atom. The van der Waals surface area contributed by atoms with Crippen LogP contribution in [0.25, 0.3) is 53.4 Å². The van der Waals surface area contributed by atoms with Gasteiger partial charge in [0.2, 0.25) is 0 Å². The summed E-state index contributed by atoms with van der Waals surface area (Å²) >= 11 is 3.67. The van der Waals surface area contributed by atoms with Crippen LogP contribution in [0.5, 0.6) is 0 Å². The molecule has 0 amide bonds. The van der Waals surface area contributed by atoms with Crippen LogP contribution in [0.2, 0.25) is 0 Å². The van der Waals surface area contributed by atoms with E-state index in [1.807, 2.05) is 11.3 Å². The van der Waals surface area contributed by atoms with E-state index in [1.54, 1.807) is 11.3 Å². The van der Waals surface area contributed by atoms with Crippen molar-refractivity contribution in [2.75, 3.05) is 0 Å². The van der Waals surface area contributed by atoms with Gasteiger partial charge in [-0.2, -0.15) is 0 Å². The minimum atomic E-state index is 1.03. The van der Waals surface area contributed by atoms with Gasteiger partial charge in [-0.05, 0) is 48.9 Å². The minimum absolute atomic E-state index is 1.03. The summed E-state index contributed by atoms with van der Waals surface area (Å²) in [5.74, 6) is 0. The molecular formula is C30H22N2S2. The number of aryl methyl sites for hydroxylation is 2. The number of pyridine rings is 1. The third-order valence-electron chi connectivity index (χ3n) is 6.72. The van der Waals surface area contributed by atoms with Gasteiger partial charge < -0.3 is 0 Å². The van der Waals surface area contributed by atoms with E-state index in [0.717, 1.165) is 38.6 Å². The fourth-order valence-electron chi connectivity index (χ4n) is 5.17. The molecule has 2 nitrogen and oxygen atoms in total. The molecule has 164 valence electrons. The summed E-state index contributed by atoms with van der Waals surface area (Å²) in [6.07, 6.45) is 4.84. The Kier molecular flexibility index (Phi) is 4.81. The zero-order valence-corrected chi connectivity index (χ0v) is 20.3. The van der Waals surface area contributed by atoms with Crippen molar-refractivity contribution in [3.05, 3.63) is 95.4 Å². The Morgan fingerprint density at radius 3 is 2.12 bits per heavy atom. The molecule has 7 rings (SSSR count). The number of nitrogens with zero attached hydrogens (tertiary/aromatic N) is 2. The standard InChI is InChI=1S/C30H22N2S2/c1-3-11-19(12-4-1)25-26-21-15-7-9-17-23(21)33-29(26)32-28(20-13-5-2-6-14-20)27(25)30-31-22-16-8-10-18-24(22)34-30/h1-6,8,10-14,16,18H,7,9,15,17H2. The van der Waals surface area contributed by atoms with E-state index in [2.05, 4.69) is 84.9 Å². The average molecular weight is 475 g/mol. The van der Waals surface area contributed by atoms with E-state index < -0.39 is 0 Å².